The minimum absolute atomic E-state index is 0.140. The minimum Gasteiger partial charge on any atom is -0.395 e. The number of nitrogens with zero attached hydrogens (tertiary/aromatic N) is 1. The van der Waals surface area contributed by atoms with Crippen LogP contribution >= 0.6 is 11.3 Å². The number of thiazole rings is 1. The van der Waals surface area contributed by atoms with Crippen LogP contribution in [0.15, 0.2) is 11.6 Å². The first-order chi connectivity index (χ1) is 6.36. The Morgan fingerprint density at radius 3 is 2.69 bits per heavy atom. The zero-order valence-corrected chi connectivity index (χ0v) is 9.27. The van der Waals surface area contributed by atoms with Crippen LogP contribution in [0.1, 0.15) is 18.9 Å². The third-order valence-corrected chi connectivity index (χ3v) is 2.34. The molecule has 1 aromatic heterocycles. The van der Waals surface area contributed by atoms with Crippen LogP contribution in [0, 0.1) is 0 Å². The fraction of sp³-hybridized carbons (Fsp3) is 0.667. The van der Waals surface area contributed by atoms with E-state index in [1.165, 1.54) is 0 Å². The maximum Gasteiger partial charge on any atom is 0.0941 e. The van der Waals surface area contributed by atoms with E-state index in [4.69, 9.17) is 5.11 Å². The van der Waals surface area contributed by atoms with Gasteiger partial charge in [-0.15, -0.1) is 11.3 Å². The number of aliphatic hydroxyl groups excluding tert-OH is 1. The molecule has 13 heavy (non-hydrogen) atoms. The van der Waals surface area contributed by atoms with Crippen molar-refractivity contribution in [3.05, 3.63) is 16.6 Å². The molecular weight excluding hydrogens is 184 g/mol. The molecule has 0 amide bonds. The molecule has 1 atom stereocenters. The van der Waals surface area contributed by atoms with Crippen molar-refractivity contribution < 1.29 is 5.11 Å². The second kappa shape index (κ2) is 8.16. The van der Waals surface area contributed by atoms with E-state index in [9.17, 15) is 0 Å². The Balaban J connectivity index is 0.000000671. The molecule has 0 saturated heterocycles. The Morgan fingerprint density at radius 2 is 2.31 bits per heavy atom. The molecule has 3 nitrogen and oxygen atoms in total. The molecule has 2 N–H and O–H groups in total. The van der Waals surface area contributed by atoms with Gasteiger partial charge in [0.05, 0.1) is 11.6 Å². The zero-order chi connectivity index (χ0) is 10.1. The summed E-state index contributed by atoms with van der Waals surface area (Å²) in [5.41, 5.74) is 0. The van der Waals surface area contributed by atoms with Crippen molar-refractivity contribution >= 4 is 11.3 Å². The van der Waals surface area contributed by atoms with E-state index in [1.807, 2.05) is 26.3 Å². The fourth-order valence-corrected chi connectivity index (χ4v) is 1.52. The molecule has 1 unspecified atom stereocenters. The third kappa shape index (κ3) is 4.98. The number of hydrogen-bond donors (Lipinski definition) is 2. The van der Waals surface area contributed by atoms with Crippen molar-refractivity contribution in [1.82, 2.24) is 10.3 Å². The highest BCUT2D eigenvalue weighted by molar-refractivity contribution is 7.09. The van der Waals surface area contributed by atoms with E-state index in [2.05, 4.69) is 10.3 Å². The van der Waals surface area contributed by atoms with Crippen LogP contribution in [-0.4, -0.2) is 29.8 Å². The average Bonchev–Trinajstić information content (AvgIpc) is 2.70. The summed E-state index contributed by atoms with van der Waals surface area (Å²) in [6.45, 7) is 4.16. The molecule has 76 valence electrons. The van der Waals surface area contributed by atoms with Gasteiger partial charge in [0.2, 0.25) is 0 Å². The predicted octanol–water partition coefficient (Wildman–Crippen LogP) is 1.29. The number of rotatable bonds is 4. The van der Waals surface area contributed by atoms with E-state index in [1.54, 1.807) is 17.5 Å². The molecule has 4 heteroatoms. The van der Waals surface area contributed by atoms with Crippen LogP contribution in [0.5, 0.6) is 0 Å². The van der Waals surface area contributed by atoms with Gasteiger partial charge in [0, 0.05) is 24.0 Å². The predicted molar refractivity (Wildman–Crippen MR) is 57.1 cm³/mol. The van der Waals surface area contributed by atoms with Gasteiger partial charge in [-0.25, -0.2) is 4.98 Å². The standard InChI is InChI=1S/C7H12N2OS.C2H6/c1-8-6(5-10)4-7-9-2-3-11-7;1-2/h2-3,6,8,10H,4-5H2,1H3;1-2H3. The van der Waals surface area contributed by atoms with Gasteiger partial charge in [0.15, 0.2) is 0 Å². The van der Waals surface area contributed by atoms with E-state index in [0.717, 1.165) is 11.4 Å². The molecule has 1 heterocycles. The normalized spacial score (nSPS) is 11.7. The first-order valence-corrected chi connectivity index (χ1v) is 5.41. The molecular formula is C9H18N2OS. The van der Waals surface area contributed by atoms with Gasteiger partial charge < -0.3 is 10.4 Å². The first-order valence-electron chi connectivity index (χ1n) is 4.53. The maximum absolute atomic E-state index is 8.84. The van der Waals surface area contributed by atoms with Crippen molar-refractivity contribution in [3.8, 4) is 0 Å². The lowest BCUT2D eigenvalue weighted by molar-refractivity contribution is 0.248. The maximum atomic E-state index is 8.84. The molecule has 0 fully saturated rings. The SMILES string of the molecule is CC.CNC(CO)Cc1nccs1. The molecule has 0 aliphatic rings. The minimum atomic E-state index is 0.140. The third-order valence-electron chi connectivity index (χ3n) is 1.53. The second-order valence-corrected chi connectivity index (χ2v) is 3.28. The van der Waals surface area contributed by atoms with Crippen LogP contribution in [0.25, 0.3) is 0 Å². The Kier molecular flexibility index (Phi) is 7.88. The number of nitrogens with one attached hydrogen (secondary N) is 1. The molecule has 0 spiro atoms. The lowest BCUT2D eigenvalue weighted by Gasteiger charge is -2.09. The molecule has 0 saturated carbocycles. The molecule has 0 aliphatic heterocycles. The van der Waals surface area contributed by atoms with Gasteiger partial charge in [-0.1, -0.05) is 13.8 Å². The van der Waals surface area contributed by atoms with Crippen molar-refractivity contribution in [2.45, 2.75) is 26.3 Å². The van der Waals surface area contributed by atoms with Crippen LogP contribution in [0.3, 0.4) is 0 Å². The summed E-state index contributed by atoms with van der Waals surface area (Å²) in [7, 11) is 1.84. The Bertz CT molecular complexity index is 186. The highest BCUT2D eigenvalue weighted by atomic mass is 32.1. The molecule has 0 radical (unpaired) electrons. The Morgan fingerprint density at radius 1 is 1.62 bits per heavy atom. The monoisotopic (exact) mass is 202 g/mol. The van der Waals surface area contributed by atoms with Crippen molar-refractivity contribution in [2.24, 2.45) is 0 Å². The van der Waals surface area contributed by atoms with E-state index in [-0.39, 0.29) is 12.6 Å². The summed E-state index contributed by atoms with van der Waals surface area (Å²) in [4.78, 5) is 4.12. The van der Waals surface area contributed by atoms with Crippen LogP contribution < -0.4 is 5.32 Å². The van der Waals surface area contributed by atoms with Crippen molar-refractivity contribution in [2.75, 3.05) is 13.7 Å². The molecule has 0 bridgehead atoms. The van der Waals surface area contributed by atoms with Gasteiger partial charge >= 0.3 is 0 Å². The van der Waals surface area contributed by atoms with Gasteiger partial charge in [-0.05, 0) is 7.05 Å². The largest absolute Gasteiger partial charge is 0.395 e. The fourth-order valence-electron chi connectivity index (χ4n) is 0.822. The van der Waals surface area contributed by atoms with Gasteiger partial charge in [-0.3, -0.25) is 0 Å². The molecule has 0 aromatic carbocycles. The highest BCUT2D eigenvalue weighted by Crippen LogP contribution is 2.06. The summed E-state index contributed by atoms with van der Waals surface area (Å²) in [6.07, 6.45) is 2.59. The van der Waals surface area contributed by atoms with E-state index >= 15 is 0 Å². The van der Waals surface area contributed by atoms with Crippen LogP contribution in [-0.2, 0) is 6.42 Å². The Labute approximate surface area is 83.8 Å². The molecule has 1 rings (SSSR count). The first kappa shape index (κ1) is 12.6. The lowest BCUT2D eigenvalue weighted by atomic mass is 10.2. The number of hydrogen-bond acceptors (Lipinski definition) is 4. The molecule has 1 aromatic rings. The highest BCUT2D eigenvalue weighted by Gasteiger charge is 2.06. The van der Waals surface area contributed by atoms with Gasteiger partial charge in [-0.2, -0.15) is 0 Å². The number of aliphatic hydroxyl groups is 1. The molecule has 0 aliphatic carbocycles. The Hall–Kier alpha value is -0.450. The number of aromatic nitrogens is 1. The summed E-state index contributed by atoms with van der Waals surface area (Å²) in [5, 5.41) is 14.9. The smallest absolute Gasteiger partial charge is 0.0941 e. The van der Waals surface area contributed by atoms with Gasteiger partial charge in [0.1, 0.15) is 0 Å². The van der Waals surface area contributed by atoms with Crippen LogP contribution in [0.4, 0.5) is 0 Å². The summed E-state index contributed by atoms with van der Waals surface area (Å²) < 4.78 is 0. The number of likely N-dealkylation sites (N-methyl/N-ethyl adjacent to an activating group) is 1. The zero-order valence-electron chi connectivity index (χ0n) is 8.45. The summed E-state index contributed by atoms with van der Waals surface area (Å²) in [5.74, 6) is 0. The lowest BCUT2D eigenvalue weighted by Crippen LogP contribution is -2.31. The van der Waals surface area contributed by atoms with Crippen LogP contribution in [0.2, 0.25) is 0 Å². The van der Waals surface area contributed by atoms with E-state index < -0.39 is 0 Å². The topological polar surface area (TPSA) is 45.1 Å². The van der Waals surface area contributed by atoms with Crippen molar-refractivity contribution in [3.63, 3.8) is 0 Å². The summed E-state index contributed by atoms with van der Waals surface area (Å²) >= 11 is 1.62. The van der Waals surface area contributed by atoms with E-state index in [0.29, 0.717) is 0 Å². The average molecular weight is 202 g/mol. The van der Waals surface area contributed by atoms with Gasteiger partial charge in [0.25, 0.3) is 0 Å². The van der Waals surface area contributed by atoms with Crippen molar-refractivity contribution in [1.29, 1.82) is 0 Å². The second-order valence-electron chi connectivity index (χ2n) is 2.30. The quantitative estimate of drug-likeness (QED) is 0.773. The summed E-state index contributed by atoms with van der Waals surface area (Å²) in [6, 6.07) is 0.140.